The fourth-order valence-electron chi connectivity index (χ4n) is 2.81. The number of anilines is 3. The number of aromatic nitrogens is 2. The van der Waals surface area contributed by atoms with E-state index in [0.717, 1.165) is 12.0 Å². The number of hydrogen-bond acceptors (Lipinski definition) is 6. The topological polar surface area (TPSA) is 76.3 Å². The lowest BCUT2D eigenvalue weighted by Crippen LogP contribution is -2.27. The van der Waals surface area contributed by atoms with Gasteiger partial charge in [0.05, 0.1) is 13.2 Å². The number of nitrogens with two attached hydrogens (primary N) is 1. The molecular formula is C18H22ClF2N5O. The van der Waals surface area contributed by atoms with Crippen LogP contribution in [0.4, 0.5) is 26.1 Å². The molecule has 1 aromatic carbocycles. The molecule has 1 aromatic heterocycles. The van der Waals surface area contributed by atoms with Crippen molar-refractivity contribution in [3.8, 4) is 6.01 Å². The van der Waals surface area contributed by atoms with Crippen LogP contribution in [0.2, 0.25) is 5.02 Å². The fourth-order valence-corrected chi connectivity index (χ4v) is 3.01. The van der Waals surface area contributed by atoms with E-state index in [0.29, 0.717) is 24.0 Å². The summed E-state index contributed by atoms with van der Waals surface area (Å²) >= 11 is 6.18. The fraction of sp³-hybridized carbons (Fsp3) is 0.444. The molecule has 0 spiro atoms. The number of halogens is 3. The van der Waals surface area contributed by atoms with Gasteiger partial charge in [-0.25, -0.2) is 8.78 Å². The highest BCUT2D eigenvalue weighted by molar-refractivity contribution is 6.31. The molecule has 3 N–H and O–H groups in total. The molecule has 0 atom stereocenters. The summed E-state index contributed by atoms with van der Waals surface area (Å²) in [6, 6.07) is 7.49. The van der Waals surface area contributed by atoms with Crippen LogP contribution in [-0.2, 0) is 6.54 Å². The van der Waals surface area contributed by atoms with E-state index in [9.17, 15) is 8.78 Å². The number of rotatable bonds is 7. The predicted molar refractivity (Wildman–Crippen MR) is 103 cm³/mol. The second-order valence-corrected chi connectivity index (χ2v) is 6.82. The molecule has 1 aliphatic heterocycles. The molecule has 1 saturated heterocycles. The first-order valence-corrected chi connectivity index (χ1v) is 9.18. The van der Waals surface area contributed by atoms with E-state index in [4.69, 9.17) is 22.1 Å². The number of benzene rings is 1. The van der Waals surface area contributed by atoms with Gasteiger partial charge in [0.25, 0.3) is 5.92 Å². The minimum absolute atomic E-state index is 0.109. The quantitative estimate of drug-likeness (QED) is 0.736. The Bertz CT molecular complexity index is 805. The molecule has 0 unspecified atom stereocenters. The summed E-state index contributed by atoms with van der Waals surface area (Å²) in [5.74, 6) is -2.16. The molecule has 0 amide bonds. The molecule has 9 heteroatoms. The minimum atomic E-state index is -2.76. The SMILES string of the molecule is CCCOc1nc(NCc2ccccc2Cl)c(N)c(N2CCC(F)(F)C2)n1. The lowest BCUT2D eigenvalue weighted by molar-refractivity contribution is 0.0256. The van der Waals surface area contributed by atoms with Crippen LogP contribution in [0.25, 0.3) is 0 Å². The highest BCUT2D eigenvalue weighted by atomic mass is 35.5. The average molecular weight is 398 g/mol. The predicted octanol–water partition coefficient (Wildman–Crippen LogP) is 3.96. The third-order valence-corrected chi connectivity index (χ3v) is 4.58. The Kier molecular flexibility index (Phi) is 5.84. The van der Waals surface area contributed by atoms with Gasteiger partial charge in [-0.05, 0) is 18.1 Å². The molecule has 3 rings (SSSR count). The smallest absolute Gasteiger partial charge is 0.320 e. The molecular weight excluding hydrogens is 376 g/mol. The van der Waals surface area contributed by atoms with Crippen molar-refractivity contribution in [3.05, 3.63) is 34.9 Å². The van der Waals surface area contributed by atoms with Gasteiger partial charge in [0, 0.05) is 24.5 Å². The van der Waals surface area contributed by atoms with Crippen molar-refractivity contribution in [1.29, 1.82) is 0 Å². The van der Waals surface area contributed by atoms with E-state index in [2.05, 4.69) is 15.3 Å². The molecule has 0 aliphatic carbocycles. The number of ether oxygens (including phenoxy) is 1. The minimum Gasteiger partial charge on any atom is -0.463 e. The maximum absolute atomic E-state index is 13.6. The summed E-state index contributed by atoms with van der Waals surface area (Å²) < 4.78 is 32.8. The van der Waals surface area contributed by atoms with Crippen molar-refractivity contribution in [1.82, 2.24) is 9.97 Å². The first kappa shape index (κ1) is 19.4. The van der Waals surface area contributed by atoms with Crippen LogP contribution in [0.15, 0.2) is 24.3 Å². The summed E-state index contributed by atoms with van der Waals surface area (Å²) in [7, 11) is 0. The van der Waals surface area contributed by atoms with E-state index < -0.39 is 12.5 Å². The zero-order chi connectivity index (χ0) is 19.4. The maximum Gasteiger partial charge on any atom is 0.320 e. The van der Waals surface area contributed by atoms with Crippen molar-refractivity contribution in [2.24, 2.45) is 0 Å². The van der Waals surface area contributed by atoms with Gasteiger partial charge in [-0.1, -0.05) is 36.7 Å². The molecule has 0 saturated carbocycles. The van der Waals surface area contributed by atoms with Crippen LogP contribution >= 0.6 is 11.6 Å². The number of alkyl halides is 2. The van der Waals surface area contributed by atoms with Crippen LogP contribution in [0, 0.1) is 0 Å². The Morgan fingerprint density at radius 1 is 1.33 bits per heavy atom. The number of nitrogens with zero attached hydrogens (tertiary/aromatic N) is 3. The molecule has 146 valence electrons. The largest absolute Gasteiger partial charge is 0.463 e. The lowest BCUT2D eigenvalue weighted by atomic mass is 10.2. The molecule has 6 nitrogen and oxygen atoms in total. The first-order valence-electron chi connectivity index (χ1n) is 8.80. The van der Waals surface area contributed by atoms with E-state index in [1.165, 1.54) is 4.90 Å². The lowest BCUT2D eigenvalue weighted by Gasteiger charge is -2.21. The molecule has 1 fully saturated rings. The third kappa shape index (κ3) is 4.68. The number of nitrogens with one attached hydrogen (secondary N) is 1. The Morgan fingerprint density at radius 3 is 2.78 bits per heavy atom. The van der Waals surface area contributed by atoms with Gasteiger partial charge >= 0.3 is 6.01 Å². The normalized spacial score (nSPS) is 15.8. The zero-order valence-electron chi connectivity index (χ0n) is 15.0. The first-order chi connectivity index (χ1) is 12.9. The standard InChI is InChI=1S/C18H22ClF2N5O/c1-2-9-27-17-24-15(23-10-12-5-3-4-6-13(12)19)14(22)16(25-17)26-8-7-18(20,21)11-26/h3-6H,2,7-11,22H2,1H3,(H,23,24,25). The van der Waals surface area contributed by atoms with Gasteiger partial charge in [0.15, 0.2) is 11.6 Å². The molecule has 2 aromatic rings. The summed E-state index contributed by atoms with van der Waals surface area (Å²) in [6.45, 7) is 2.50. The Labute approximate surface area is 161 Å². The van der Waals surface area contributed by atoms with Gasteiger partial charge in [-0.15, -0.1) is 0 Å². The van der Waals surface area contributed by atoms with Crippen molar-refractivity contribution in [2.45, 2.75) is 32.2 Å². The summed E-state index contributed by atoms with van der Waals surface area (Å²) in [5.41, 5.74) is 7.26. The molecule has 0 radical (unpaired) electrons. The van der Waals surface area contributed by atoms with Crippen molar-refractivity contribution in [2.75, 3.05) is 35.6 Å². The van der Waals surface area contributed by atoms with Crippen LogP contribution in [0.3, 0.4) is 0 Å². The van der Waals surface area contributed by atoms with Gasteiger partial charge < -0.3 is 20.7 Å². The molecule has 2 heterocycles. The number of hydrogen-bond donors (Lipinski definition) is 2. The van der Waals surface area contributed by atoms with Crippen molar-refractivity contribution in [3.63, 3.8) is 0 Å². The van der Waals surface area contributed by atoms with Gasteiger partial charge in [-0.3, -0.25) is 0 Å². The Hall–Kier alpha value is -2.35. The van der Waals surface area contributed by atoms with E-state index >= 15 is 0 Å². The van der Waals surface area contributed by atoms with E-state index in [1.807, 2.05) is 25.1 Å². The molecule has 1 aliphatic rings. The van der Waals surface area contributed by atoms with Crippen LogP contribution < -0.4 is 20.7 Å². The van der Waals surface area contributed by atoms with Gasteiger partial charge in [0.1, 0.15) is 5.69 Å². The second kappa shape index (κ2) is 8.12. The number of nitrogen functional groups attached to an aromatic ring is 1. The van der Waals surface area contributed by atoms with Crippen LogP contribution in [-0.4, -0.2) is 35.6 Å². The Morgan fingerprint density at radius 2 is 2.11 bits per heavy atom. The third-order valence-electron chi connectivity index (χ3n) is 4.21. The van der Waals surface area contributed by atoms with E-state index in [-0.39, 0.29) is 30.5 Å². The highest BCUT2D eigenvalue weighted by Gasteiger charge is 2.40. The maximum atomic E-state index is 13.6. The summed E-state index contributed by atoms with van der Waals surface area (Å²) in [5, 5.41) is 3.73. The zero-order valence-corrected chi connectivity index (χ0v) is 15.8. The van der Waals surface area contributed by atoms with E-state index in [1.54, 1.807) is 6.07 Å². The van der Waals surface area contributed by atoms with Crippen molar-refractivity contribution >= 4 is 28.9 Å². The Balaban J connectivity index is 1.87. The monoisotopic (exact) mass is 397 g/mol. The second-order valence-electron chi connectivity index (χ2n) is 6.41. The average Bonchev–Trinajstić information content (AvgIpc) is 3.00. The van der Waals surface area contributed by atoms with Crippen LogP contribution in [0.1, 0.15) is 25.3 Å². The van der Waals surface area contributed by atoms with Crippen LogP contribution in [0.5, 0.6) is 6.01 Å². The molecule has 0 bridgehead atoms. The van der Waals surface area contributed by atoms with Gasteiger partial charge in [-0.2, -0.15) is 9.97 Å². The highest BCUT2D eigenvalue weighted by Crippen LogP contribution is 2.36. The molecule has 27 heavy (non-hydrogen) atoms. The summed E-state index contributed by atoms with van der Waals surface area (Å²) in [6.07, 6.45) is 0.539. The van der Waals surface area contributed by atoms with Gasteiger partial charge in [0.2, 0.25) is 0 Å². The van der Waals surface area contributed by atoms with Crippen molar-refractivity contribution < 1.29 is 13.5 Å². The summed E-state index contributed by atoms with van der Waals surface area (Å²) in [4.78, 5) is 10.0.